The maximum atomic E-state index is 11.4. The minimum absolute atomic E-state index is 0.0980. The Bertz CT molecular complexity index is 527. The summed E-state index contributed by atoms with van der Waals surface area (Å²) in [5, 5.41) is 12.5. The molecule has 7 heteroatoms. The highest BCUT2D eigenvalue weighted by Crippen LogP contribution is 2.18. The maximum absolute atomic E-state index is 11.4. The van der Waals surface area contributed by atoms with E-state index in [1.807, 2.05) is 0 Å². The summed E-state index contributed by atoms with van der Waals surface area (Å²) in [5.74, 6) is 4.90. The van der Waals surface area contributed by atoms with E-state index in [9.17, 15) is 9.59 Å². The van der Waals surface area contributed by atoms with Crippen LogP contribution in [0.2, 0.25) is 0 Å². The first-order valence-electron chi connectivity index (χ1n) is 5.25. The molecule has 0 aromatic carbocycles. The number of hydrogen-bond donors (Lipinski definition) is 3. The molecular weight excluding hydrogens is 236 g/mol. The van der Waals surface area contributed by atoms with E-state index in [-0.39, 0.29) is 19.0 Å². The number of carbonyl (C=O) groups excluding carboxylic acids is 1. The molecule has 0 radical (unpaired) electrons. The van der Waals surface area contributed by atoms with Crippen LogP contribution in [0.4, 0.5) is 5.82 Å². The zero-order chi connectivity index (χ0) is 13.1. The molecule has 0 unspecified atom stereocenters. The van der Waals surface area contributed by atoms with Gasteiger partial charge in [-0.15, -0.1) is 0 Å². The minimum Gasteiger partial charge on any atom is -0.478 e. The molecule has 94 valence electrons. The van der Waals surface area contributed by atoms with E-state index in [4.69, 9.17) is 10.9 Å². The average Bonchev–Trinajstić information content (AvgIpc) is 2.47. The van der Waals surface area contributed by atoms with Gasteiger partial charge in [0.1, 0.15) is 5.82 Å². The van der Waals surface area contributed by atoms with Crippen LogP contribution in [0.25, 0.3) is 6.08 Å². The topological polar surface area (TPSA) is 109 Å². The zero-order valence-electron chi connectivity index (χ0n) is 9.46. The molecule has 7 nitrogen and oxygen atoms in total. The number of nitrogens with one attached hydrogen (secondary N) is 1. The van der Waals surface area contributed by atoms with E-state index < -0.39 is 5.97 Å². The number of carboxylic acid groups (broad SMARTS) is 1. The predicted molar refractivity (Wildman–Crippen MR) is 64.1 cm³/mol. The van der Waals surface area contributed by atoms with Gasteiger partial charge in [0.2, 0.25) is 0 Å². The van der Waals surface area contributed by atoms with Crippen molar-refractivity contribution in [2.45, 2.75) is 6.54 Å². The van der Waals surface area contributed by atoms with Crippen molar-refractivity contribution < 1.29 is 14.7 Å². The number of aliphatic carboxylic acids is 1. The number of hydrazine groups is 1. The van der Waals surface area contributed by atoms with Gasteiger partial charge in [0, 0.05) is 17.8 Å². The Morgan fingerprint density at radius 1 is 1.61 bits per heavy atom. The van der Waals surface area contributed by atoms with Gasteiger partial charge in [-0.1, -0.05) is 0 Å². The first-order valence-corrected chi connectivity index (χ1v) is 5.25. The van der Waals surface area contributed by atoms with Crippen molar-refractivity contribution in [3.05, 3.63) is 29.5 Å². The van der Waals surface area contributed by atoms with E-state index in [0.717, 1.165) is 16.6 Å². The third kappa shape index (κ3) is 2.64. The number of hydrogen-bond acceptors (Lipinski definition) is 5. The van der Waals surface area contributed by atoms with Gasteiger partial charge in [-0.2, -0.15) is 0 Å². The molecule has 1 aliphatic heterocycles. The van der Waals surface area contributed by atoms with Crippen molar-refractivity contribution in [2.24, 2.45) is 5.84 Å². The molecule has 1 aromatic rings. The summed E-state index contributed by atoms with van der Waals surface area (Å²) in [6.45, 7) is 0.337. The average molecular weight is 248 g/mol. The van der Waals surface area contributed by atoms with Crippen LogP contribution >= 0.6 is 0 Å². The highest BCUT2D eigenvalue weighted by atomic mass is 16.4. The first-order chi connectivity index (χ1) is 8.56. The van der Waals surface area contributed by atoms with Crippen LogP contribution < -0.4 is 11.2 Å². The summed E-state index contributed by atoms with van der Waals surface area (Å²) in [6, 6.07) is 1.74. The third-order valence-electron chi connectivity index (χ3n) is 2.47. The smallest absolute Gasteiger partial charge is 0.328 e. The summed E-state index contributed by atoms with van der Waals surface area (Å²) in [7, 11) is 0. The van der Waals surface area contributed by atoms with Crippen molar-refractivity contribution in [3.8, 4) is 0 Å². The quantitative estimate of drug-likeness (QED) is 0.380. The summed E-state index contributed by atoms with van der Waals surface area (Å²) in [6.07, 6.45) is 3.99. The van der Waals surface area contributed by atoms with E-state index >= 15 is 0 Å². The van der Waals surface area contributed by atoms with Gasteiger partial charge >= 0.3 is 5.97 Å². The molecule has 2 rings (SSSR count). The molecule has 18 heavy (non-hydrogen) atoms. The van der Waals surface area contributed by atoms with Crippen LogP contribution in [0.1, 0.15) is 11.1 Å². The number of carbonyl (C=O) groups is 2. The number of carboxylic acids is 1. The maximum Gasteiger partial charge on any atom is 0.328 e. The summed E-state index contributed by atoms with van der Waals surface area (Å²) < 4.78 is 0. The number of pyridine rings is 1. The number of nitrogens with zero attached hydrogens (tertiary/aromatic N) is 2. The molecule has 1 aromatic heterocycles. The lowest BCUT2D eigenvalue weighted by atomic mass is 10.1. The number of anilines is 1. The Labute approximate surface area is 103 Å². The molecule has 1 amide bonds. The number of fused-ring (bicyclic) bond motifs is 1. The molecule has 0 saturated heterocycles. The number of rotatable bonds is 2. The Hall–Kier alpha value is -2.41. The van der Waals surface area contributed by atoms with Gasteiger partial charge in [-0.3, -0.25) is 9.80 Å². The van der Waals surface area contributed by atoms with Gasteiger partial charge in [-0.05, 0) is 17.7 Å². The third-order valence-corrected chi connectivity index (χ3v) is 2.47. The van der Waals surface area contributed by atoms with Crippen molar-refractivity contribution in [2.75, 3.05) is 11.9 Å². The Balaban J connectivity index is 2.29. The van der Waals surface area contributed by atoms with Gasteiger partial charge < -0.3 is 10.4 Å². The number of amides is 1. The second-order valence-electron chi connectivity index (χ2n) is 3.82. The van der Waals surface area contributed by atoms with Gasteiger partial charge in [-0.25, -0.2) is 15.6 Å². The minimum atomic E-state index is -1.03. The van der Waals surface area contributed by atoms with E-state index in [2.05, 4.69) is 10.3 Å². The lowest BCUT2D eigenvalue weighted by Gasteiger charge is -2.12. The van der Waals surface area contributed by atoms with E-state index in [0.29, 0.717) is 11.4 Å². The summed E-state index contributed by atoms with van der Waals surface area (Å²) in [5.41, 5.74) is 1.39. The summed E-state index contributed by atoms with van der Waals surface area (Å²) in [4.78, 5) is 26.0. The second kappa shape index (κ2) is 4.84. The van der Waals surface area contributed by atoms with Crippen LogP contribution in [-0.4, -0.2) is 33.5 Å². The molecule has 0 spiro atoms. The molecule has 4 N–H and O–H groups in total. The predicted octanol–water partition coefficient (Wildman–Crippen LogP) is -0.193. The Morgan fingerprint density at radius 2 is 2.39 bits per heavy atom. The first kappa shape index (κ1) is 12.1. The molecule has 0 saturated carbocycles. The molecule has 0 bridgehead atoms. The second-order valence-corrected chi connectivity index (χ2v) is 3.82. The van der Waals surface area contributed by atoms with Crippen LogP contribution in [0, 0.1) is 0 Å². The van der Waals surface area contributed by atoms with Gasteiger partial charge in [0.25, 0.3) is 5.91 Å². The molecule has 0 aliphatic carbocycles. The fraction of sp³-hybridized carbons (Fsp3) is 0.182. The van der Waals surface area contributed by atoms with Crippen LogP contribution in [0.5, 0.6) is 0 Å². The van der Waals surface area contributed by atoms with Crippen molar-refractivity contribution in [1.29, 1.82) is 0 Å². The van der Waals surface area contributed by atoms with Gasteiger partial charge in [0.05, 0.1) is 13.1 Å². The lowest BCUT2D eigenvalue weighted by Crippen LogP contribution is -2.38. The Morgan fingerprint density at radius 3 is 3.11 bits per heavy atom. The highest BCUT2D eigenvalue weighted by molar-refractivity contribution is 5.85. The fourth-order valence-electron chi connectivity index (χ4n) is 1.60. The van der Waals surface area contributed by atoms with Crippen LogP contribution in [0.3, 0.4) is 0 Å². The Kier molecular flexibility index (Phi) is 3.24. The van der Waals surface area contributed by atoms with Crippen molar-refractivity contribution in [1.82, 2.24) is 9.99 Å². The van der Waals surface area contributed by atoms with Crippen LogP contribution in [0.15, 0.2) is 18.3 Å². The van der Waals surface area contributed by atoms with E-state index in [1.54, 1.807) is 6.07 Å². The lowest BCUT2D eigenvalue weighted by molar-refractivity contribution is -0.131. The molecule has 2 heterocycles. The fourth-order valence-corrected chi connectivity index (χ4v) is 1.60. The standard InChI is InChI=1S/C11H12N4O3/c12-15-6-8-3-7(1-2-10(17)18)4-13-11(8)14-5-9(15)16/h1-4H,5-6,12H2,(H,13,14)(H,17,18)/b2-1+. The number of nitrogens with two attached hydrogens (primary N) is 1. The van der Waals surface area contributed by atoms with Crippen LogP contribution in [-0.2, 0) is 16.1 Å². The number of aromatic nitrogens is 1. The largest absolute Gasteiger partial charge is 0.478 e. The highest BCUT2D eigenvalue weighted by Gasteiger charge is 2.18. The van der Waals surface area contributed by atoms with Gasteiger partial charge in [0.15, 0.2) is 0 Å². The normalized spacial score (nSPS) is 15.2. The molecule has 0 atom stereocenters. The zero-order valence-corrected chi connectivity index (χ0v) is 9.46. The molecular formula is C11H12N4O3. The molecule has 0 fully saturated rings. The monoisotopic (exact) mass is 248 g/mol. The van der Waals surface area contributed by atoms with Crippen molar-refractivity contribution >= 4 is 23.8 Å². The summed E-state index contributed by atoms with van der Waals surface area (Å²) >= 11 is 0. The molecule has 1 aliphatic rings. The van der Waals surface area contributed by atoms with E-state index in [1.165, 1.54) is 12.3 Å². The SMILES string of the molecule is NN1Cc2cc(/C=C/C(=O)O)cnc2NCC1=O. The van der Waals surface area contributed by atoms with Crippen molar-refractivity contribution in [3.63, 3.8) is 0 Å².